The normalized spacial score (nSPS) is 11.5. The zero-order chi connectivity index (χ0) is 12.1. The van der Waals surface area contributed by atoms with Crippen molar-refractivity contribution in [2.45, 2.75) is 32.7 Å². The third-order valence-corrected chi connectivity index (χ3v) is 4.16. The number of hydrogen-bond donors (Lipinski definition) is 0. The Morgan fingerprint density at radius 1 is 1.18 bits per heavy atom. The molecule has 0 amide bonds. The van der Waals surface area contributed by atoms with Crippen molar-refractivity contribution in [1.82, 2.24) is 4.90 Å². The van der Waals surface area contributed by atoms with Gasteiger partial charge in [-0.2, -0.15) is 0 Å². The van der Waals surface area contributed by atoms with E-state index in [4.69, 9.17) is 0 Å². The van der Waals surface area contributed by atoms with Crippen LogP contribution in [0.1, 0.15) is 31.7 Å². The number of nitrogens with zero attached hydrogens (tertiary/aromatic N) is 1. The third kappa shape index (κ3) is 3.30. The van der Waals surface area contributed by atoms with E-state index in [9.17, 15) is 0 Å². The molecule has 2 rings (SSSR count). The Kier molecular flexibility index (Phi) is 4.57. The highest BCUT2D eigenvalue weighted by Crippen LogP contribution is 2.26. The van der Waals surface area contributed by atoms with Gasteiger partial charge in [0.25, 0.3) is 0 Å². The van der Waals surface area contributed by atoms with Crippen LogP contribution in [0.25, 0.3) is 10.1 Å². The summed E-state index contributed by atoms with van der Waals surface area (Å²) in [7, 11) is 2.22. The van der Waals surface area contributed by atoms with Gasteiger partial charge in [0.05, 0.1) is 0 Å². The summed E-state index contributed by atoms with van der Waals surface area (Å²) in [5.74, 6) is 0. The maximum atomic E-state index is 2.43. The second-order valence-corrected chi connectivity index (χ2v) is 5.61. The van der Waals surface area contributed by atoms with Gasteiger partial charge in [0.1, 0.15) is 0 Å². The highest BCUT2D eigenvalue weighted by Gasteiger charge is 2.05. The summed E-state index contributed by atoms with van der Waals surface area (Å²) < 4.78 is 1.41. The molecule has 1 nitrogen and oxygen atoms in total. The van der Waals surface area contributed by atoms with E-state index in [-0.39, 0.29) is 0 Å². The van der Waals surface area contributed by atoms with Crippen molar-refractivity contribution in [2.24, 2.45) is 0 Å². The minimum absolute atomic E-state index is 1.08. The van der Waals surface area contributed by atoms with Crippen molar-refractivity contribution >= 4 is 21.4 Å². The molecule has 0 fully saturated rings. The Bertz CT molecular complexity index is 461. The average molecular weight is 247 g/mol. The van der Waals surface area contributed by atoms with E-state index >= 15 is 0 Å². The van der Waals surface area contributed by atoms with Gasteiger partial charge in [-0.1, -0.05) is 38.0 Å². The number of unbranched alkanes of at least 4 members (excludes halogenated alkanes) is 2. The largest absolute Gasteiger partial charge is 0.302 e. The molecule has 0 saturated heterocycles. The lowest BCUT2D eigenvalue weighted by molar-refractivity contribution is 0.319. The van der Waals surface area contributed by atoms with Gasteiger partial charge in [-0.25, -0.2) is 0 Å². The standard InChI is InChI=1S/C15H21NS/c1-3-4-7-10-16(2)11-13-12-17-15-9-6-5-8-14(13)15/h5-6,8-9,12H,3-4,7,10-11H2,1-2H3. The Hall–Kier alpha value is -0.860. The molecule has 2 heteroatoms. The number of rotatable bonds is 6. The van der Waals surface area contributed by atoms with E-state index in [1.807, 2.05) is 11.3 Å². The fourth-order valence-corrected chi connectivity index (χ4v) is 3.11. The van der Waals surface area contributed by atoms with Crippen LogP contribution in [0.5, 0.6) is 0 Å². The van der Waals surface area contributed by atoms with Crippen LogP contribution in [-0.4, -0.2) is 18.5 Å². The zero-order valence-electron chi connectivity index (χ0n) is 10.8. The molecule has 0 aliphatic rings. The fourth-order valence-electron chi connectivity index (χ4n) is 2.16. The molecule has 0 saturated carbocycles. The van der Waals surface area contributed by atoms with Crippen molar-refractivity contribution in [2.75, 3.05) is 13.6 Å². The highest BCUT2D eigenvalue weighted by atomic mass is 32.1. The molecular formula is C15H21NS. The summed E-state index contributed by atoms with van der Waals surface area (Å²) in [5, 5.41) is 3.74. The molecule has 1 aromatic carbocycles. The van der Waals surface area contributed by atoms with Crippen LogP contribution in [0.2, 0.25) is 0 Å². The second kappa shape index (κ2) is 6.18. The van der Waals surface area contributed by atoms with E-state index in [2.05, 4.69) is 48.5 Å². The number of hydrogen-bond acceptors (Lipinski definition) is 2. The maximum Gasteiger partial charge on any atom is 0.0346 e. The van der Waals surface area contributed by atoms with E-state index in [0.717, 1.165) is 6.54 Å². The Labute approximate surface area is 108 Å². The van der Waals surface area contributed by atoms with E-state index < -0.39 is 0 Å². The van der Waals surface area contributed by atoms with Gasteiger partial charge >= 0.3 is 0 Å². The van der Waals surface area contributed by atoms with Crippen LogP contribution in [0, 0.1) is 0 Å². The summed E-state index contributed by atoms with van der Waals surface area (Å²) in [4.78, 5) is 2.43. The second-order valence-electron chi connectivity index (χ2n) is 4.70. The minimum Gasteiger partial charge on any atom is -0.302 e. The first-order chi connectivity index (χ1) is 8.31. The third-order valence-electron chi connectivity index (χ3n) is 3.14. The molecule has 17 heavy (non-hydrogen) atoms. The van der Waals surface area contributed by atoms with Crippen LogP contribution < -0.4 is 0 Å². The van der Waals surface area contributed by atoms with Crippen molar-refractivity contribution in [1.29, 1.82) is 0 Å². The van der Waals surface area contributed by atoms with E-state index in [1.165, 1.54) is 41.5 Å². The number of fused-ring (bicyclic) bond motifs is 1. The summed E-state index contributed by atoms with van der Waals surface area (Å²) in [6.45, 7) is 4.54. The molecule has 0 atom stereocenters. The Balaban J connectivity index is 1.98. The Morgan fingerprint density at radius 2 is 2.00 bits per heavy atom. The summed E-state index contributed by atoms with van der Waals surface area (Å²) >= 11 is 1.86. The molecule has 0 unspecified atom stereocenters. The molecule has 0 aliphatic heterocycles. The predicted octanol–water partition coefficient (Wildman–Crippen LogP) is 4.52. The molecule has 1 aromatic heterocycles. The molecule has 92 valence electrons. The molecule has 2 aromatic rings. The molecule has 1 heterocycles. The molecule has 0 spiro atoms. The number of thiophene rings is 1. The zero-order valence-corrected chi connectivity index (χ0v) is 11.6. The highest BCUT2D eigenvalue weighted by molar-refractivity contribution is 7.17. The van der Waals surface area contributed by atoms with Crippen LogP contribution in [0.15, 0.2) is 29.6 Å². The first kappa shape index (κ1) is 12.6. The van der Waals surface area contributed by atoms with Crippen molar-refractivity contribution < 1.29 is 0 Å². The Morgan fingerprint density at radius 3 is 2.82 bits per heavy atom. The first-order valence-corrected chi connectivity index (χ1v) is 7.33. The van der Waals surface area contributed by atoms with Crippen LogP contribution in [0.4, 0.5) is 0 Å². The predicted molar refractivity (Wildman–Crippen MR) is 77.7 cm³/mol. The molecule has 0 aliphatic carbocycles. The first-order valence-electron chi connectivity index (χ1n) is 6.45. The molecule has 0 N–H and O–H groups in total. The summed E-state index contributed by atoms with van der Waals surface area (Å²) in [6, 6.07) is 8.70. The van der Waals surface area contributed by atoms with Crippen LogP contribution in [0.3, 0.4) is 0 Å². The monoisotopic (exact) mass is 247 g/mol. The van der Waals surface area contributed by atoms with Gasteiger partial charge in [-0.3, -0.25) is 0 Å². The summed E-state index contributed by atoms with van der Waals surface area (Å²) in [6.07, 6.45) is 3.96. The van der Waals surface area contributed by atoms with Crippen molar-refractivity contribution in [3.63, 3.8) is 0 Å². The topological polar surface area (TPSA) is 3.24 Å². The molecular weight excluding hydrogens is 226 g/mol. The smallest absolute Gasteiger partial charge is 0.0346 e. The van der Waals surface area contributed by atoms with E-state index in [1.54, 1.807) is 0 Å². The van der Waals surface area contributed by atoms with Crippen molar-refractivity contribution in [3.05, 3.63) is 35.2 Å². The fraction of sp³-hybridized carbons (Fsp3) is 0.467. The average Bonchev–Trinajstić information content (AvgIpc) is 2.73. The lowest BCUT2D eigenvalue weighted by Crippen LogP contribution is -2.18. The minimum atomic E-state index is 1.08. The SMILES string of the molecule is CCCCCN(C)Cc1csc2ccccc12. The lowest BCUT2D eigenvalue weighted by atomic mass is 10.1. The van der Waals surface area contributed by atoms with Gasteiger partial charge in [-0.15, -0.1) is 11.3 Å². The van der Waals surface area contributed by atoms with Gasteiger partial charge in [0, 0.05) is 11.2 Å². The molecule has 0 radical (unpaired) electrons. The quantitative estimate of drug-likeness (QED) is 0.678. The van der Waals surface area contributed by atoms with Crippen molar-refractivity contribution in [3.8, 4) is 0 Å². The van der Waals surface area contributed by atoms with Gasteiger partial charge in [0.2, 0.25) is 0 Å². The van der Waals surface area contributed by atoms with Gasteiger partial charge < -0.3 is 4.90 Å². The van der Waals surface area contributed by atoms with Crippen LogP contribution in [-0.2, 0) is 6.54 Å². The van der Waals surface area contributed by atoms with Gasteiger partial charge in [-0.05, 0) is 42.4 Å². The maximum absolute atomic E-state index is 2.43. The summed E-state index contributed by atoms with van der Waals surface area (Å²) in [5.41, 5.74) is 1.48. The van der Waals surface area contributed by atoms with Gasteiger partial charge in [0.15, 0.2) is 0 Å². The van der Waals surface area contributed by atoms with E-state index in [0.29, 0.717) is 0 Å². The molecule has 0 bridgehead atoms. The van der Waals surface area contributed by atoms with Crippen LogP contribution >= 0.6 is 11.3 Å². The number of benzene rings is 1. The lowest BCUT2D eigenvalue weighted by Gasteiger charge is -2.15.